The Hall–Kier alpha value is -0.330. The summed E-state index contributed by atoms with van der Waals surface area (Å²) in [7, 11) is -3.40. The SMILES string of the molecule is CS(=O)(=O)NC(=O)[C@@H]1C[C@H]2C[C@H]2N1.Cl. The molecule has 0 aromatic carbocycles. The number of piperidine rings is 1. The molecule has 14 heavy (non-hydrogen) atoms. The number of hydrogen-bond donors (Lipinski definition) is 2. The van der Waals surface area contributed by atoms with E-state index in [-0.39, 0.29) is 18.4 Å². The van der Waals surface area contributed by atoms with Gasteiger partial charge in [-0.3, -0.25) is 9.52 Å². The molecule has 2 aliphatic rings. The fraction of sp³-hybridized carbons (Fsp3) is 0.857. The number of halogens is 1. The van der Waals surface area contributed by atoms with Gasteiger partial charge in [0, 0.05) is 6.04 Å². The molecule has 1 heterocycles. The first kappa shape index (κ1) is 11.7. The number of nitrogens with one attached hydrogen (secondary N) is 2. The maximum absolute atomic E-state index is 11.3. The lowest BCUT2D eigenvalue weighted by Gasteiger charge is -2.11. The van der Waals surface area contributed by atoms with Crippen LogP contribution in [0.1, 0.15) is 12.8 Å². The Morgan fingerprint density at radius 3 is 2.50 bits per heavy atom. The summed E-state index contributed by atoms with van der Waals surface area (Å²) >= 11 is 0. The van der Waals surface area contributed by atoms with Crippen LogP contribution in [0.15, 0.2) is 0 Å². The molecule has 7 heteroatoms. The summed E-state index contributed by atoms with van der Waals surface area (Å²) in [6, 6.07) is 0.147. The third-order valence-electron chi connectivity index (χ3n) is 2.48. The lowest BCUT2D eigenvalue weighted by Crippen LogP contribution is -2.44. The monoisotopic (exact) mass is 240 g/mol. The van der Waals surface area contributed by atoms with E-state index >= 15 is 0 Å². The van der Waals surface area contributed by atoms with E-state index in [1.807, 2.05) is 4.72 Å². The summed E-state index contributed by atoms with van der Waals surface area (Å²) in [6.45, 7) is 0. The van der Waals surface area contributed by atoms with Gasteiger partial charge in [0.1, 0.15) is 0 Å². The number of amides is 1. The topological polar surface area (TPSA) is 75.3 Å². The Morgan fingerprint density at radius 1 is 1.43 bits per heavy atom. The van der Waals surface area contributed by atoms with Gasteiger partial charge in [-0.2, -0.15) is 0 Å². The standard InChI is InChI=1S/C7H12N2O3S.ClH/c1-13(11,12)9-7(10)6-3-4-2-5(4)8-6;/h4-6,8H,2-3H2,1H3,(H,9,10);1H/t4-,5-,6+;/m1./s1. The first-order valence-electron chi connectivity index (χ1n) is 4.23. The molecule has 1 saturated heterocycles. The first-order chi connectivity index (χ1) is 5.96. The van der Waals surface area contributed by atoms with Crippen LogP contribution in [-0.2, 0) is 14.8 Å². The van der Waals surface area contributed by atoms with Crippen molar-refractivity contribution in [3.05, 3.63) is 0 Å². The third-order valence-corrected chi connectivity index (χ3v) is 3.05. The van der Waals surface area contributed by atoms with E-state index in [4.69, 9.17) is 0 Å². The minimum Gasteiger partial charge on any atom is -0.303 e. The molecule has 82 valence electrons. The highest BCUT2D eigenvalue weighted by atomic mass is 35.5. The van der Waals surface area contributed by atoms with Gasteiger partial charge in [-0.05, 0) is 18.8 Å². The molecule has 2 fully saturated rings. The van der Waals surface area contributed by atoms with Gasteiger partial charge in [0.2, 0.25) is 10.0 Å². The van der Waals surface area contributed by atoms with Crippen molar-refractivity contribution in [1.29, 1.82) is 0 Å². The molecule has 1 aliphatic heterocycles. The van der Waals surface area contributed by atoms with Crippen molar-refractivity contribution in [2.75, 3.05) is 6.26 Å². The summed E-state index contributed by atoms with van der Waals surface area (Å²) in [5.41, 5.74) is 0. The van der Waals surface area contributed by atoms with Crippen LogP contribution in [0.5, 0.6) is 0 Å². The number of carbonyl (C=O) groups excluding carboxylic acids is 1. The van der Waals surface area contributed by atoms with Crippen LogP contribution in [0, 0.1) is 5.92 Å². The van der Waals surface area contributed by atoms with Crippen molar-refractivity contribution in [3.63, 3.8) is 0 Å². The molecule has 0 bridgehead atoms. The molecule has 2 rings (SSSR count). The Balaban J connectivity index is 0.000000980. The highest BCUT2D eigenvalue weighted by Crippen LogP contribution is 2.40. The van der Waals surface area contributed by atoms with Crippen LogP contribution in [0.4, 0.5) is 0 Å². The van der Waals surface area contributed by atoms with Crippen molar-refractivity contribution in [1.82, 2.24) is 10.0 Å². The first-order valence-corrected chi connectivity index (χ1v) is 6.12. The van der Waals surface area contributed by atoms with Crippen molar-refractivity contribution in [2.45, 2.75) is 24.9 Å². The Morgan fingerprint density at radius 2 is 2.07 bits per heavy atom. The second-order valence-electron chi connectivity index (χ2n) is 3.80. The molecular weight excluding hydrogens is 228 g/mol. The summed E-state index contributed by atoms with van der Waals surface area (Å²) in [5.74, 6) is 0.171. The van der Waals surface area contributed by atoms with Crippen LogP contribution >= 0.6 is 12.4 Å². The van der Waals surface area contributed by atoms with Gasteiger partial charge in [-0.25, -0.2) is 8.42 Å². The molecule has 0 aromatic rings. The smallest absolute Gasteiger partial charge is 0.250 e. The van der Waals surface area contributed by atoms with E-state index in [0.717, 1.165) is 19.1 Å². The van der Waals surface area contributed by atoms with Crippen LogP contribution < -0.4 is 10.0 Å². The zero-order valence-corrected chi connectivity index (χ0v) is 9.32. The normalized spacial score (nSPS) is 34.2. The predicted octanol–water partition coefficient (Wildman–Crippen LogP) is -0.766. The molecule has 3 atom stereocenters. The molecule has 5 nitrogen and oxygen atoms in total. The van der Waals surface area contributed by atoms with Gasteiger partial charge in [-0.15, -0.1) is 12.4 Å². The van der Waals surface area contributed by atoms with Crippen LogP contribution in [0.3, 0.4) is 0 Å². The zero-order chi connectivity index (χ0) is 9.64. The Bertz CT molecular complexity index is 333. The van der Waals surface area contributed by atoms with E-state index in [0.29, 0.717) is 12.0 Å². The number of carbonyl (C=O) groups is 1. The molecule has 1 aliphatic carbocycles. The van der Waals surface area contributed by atoms with Crippen molar-refractivity contribution < 1.29 is 13.2 Å². The lowest BCUT2D eigenvalue weighted by atomic mass is 10.2. The summed E-state index contributed by atoms with van der Waals surface area (Å²) < 4.78 is 23.4. The van der Waals surface area contributed by atoms with E-state index in [1.165, 1.54) is 0 Å². The molecule has 1 amide bonds. The number of sulfonamides is 1. The average Bonchev–Trinajstić information content (AvgIpc) is 2.55. The quantitative estimate of drug-likeness (QED) is 0.665. The molecule has 0 spiro atoms. The van der Waals surface area contributed by atoms with Crippen molar-refractivity contribution in [2.24, 2.45) is 5.92 Å². The van der Waals surface area contributed by atoms with Gasteiger partial charge in [0.25, 0.3) is 5.91 Å². The fourth-order valence-corrected chi connectivity index (χ4v) is 2.29. The molecular formula is C7H13ClN2O3S. The maximum Gasteiger partial charge on any atom is 0.250 e. The van der Waals surface area contributed by atoms with E-state index in [9.17, 15) is 13.2 Å². The third kappa shape index (κ3) is 2.59. The summed E-state index contributed by atoms with van der Waals surface area (Å²) in [5, 5.41) is 3.07. The summed E-state index contributed by atoms with van der Waals surface area (Å²) in [6.07, 6.45) is 2.88. The van der Waals surface area contributed by atoms with Crippen LogP contribution in [-0.4, -0.2) is 32.7 Å². The predicted molar refractivity (Wildman–Crippen MR) is 53.7 cm³/mol. The zero-order valence-electron chi connectivity index (χ0n) is 7.69. The number of rotatable bonds is 2. The molecule has 0 aromatic heterocycles. The van der Waals surface area contributed by atoms with Gasteiger partial charge in [0.05, 0.1) is 12.3 Å². The van der Waals surface area contributed by atoms with E-state index < -0.39 is 15.9 Å². The Labute approximate surface area is 89.1 Å². The molecule has 0 unspecified atom stereocenters. The maximum atomic E-state index is 11.3. The second kappa shape index (κ2) is 3.67. The highest BCUT2D eigenvalue weighted by molar-refractivity contribution is 7.89. The minimum absolute atomic E-state index is 0. The second-order valence-corrected chi connectivity index (χ2v) is 5.54. The van der Waals surface area contributed by atoms with E-state index in [2.05, 4.69) is 5.32 Å². The van der Waals surface area contributed by atoms with Gasteiger partial charge >= 0.3 is 0 Å². The van der Waals surface area contributed by atoms with Gasteiger partial charge < -0.3 is 5.32 Å². The van der Waals surface area contributed by atoms with Gasteiger partial charge in [0.15, 0.2) is 0 Å². The largest absolute Gasteiger partial charge is 0.303 e. The van der Waals surface area contributed by atoms with Gasteiger partial charge in [-0.1, -0.05) is 0 Å². The van der Waals surface area contributed by atoms with E-state index in [1.54, 1.807) is 0 Å². The lowest BCUT2D eigenvalue weighted by molar-refractivity contribution is -0.121. The number of hydrogen-bond acceptors (Lipinski definition) is 4. The summed E-state index contributed by atoms with van der Waals surface area (Å²) in [4.78, 5) is 11.3. The fourth-order valence-electron chi connectivity index (χ4n) is 1.78. The number of fused-ring (bicyclic) bond motifs is 1. The van der Waals surface area contributed by atoms with Crippen LogP contribution in [0.2, 0.25) is 0 Å². The van der Waals surface area contributed by atoms with Crippen molar-refractivity contribution >= 4 is 28.3 Å². The van der Waals surface area contributed by atoms with Crippen LogP contribution in [0.25, 0.3) is 0 Å². The minimum atomic E-state index is -3.40. The highest BCUT2D eigenvalue weighted by Gasteiger charge is 2.48. The molecule has 1 saturated carbocycles. The molecule has 2 N–H and O–H groups in total. The Kier molecular flexibility index (Phi) is 3.08. The molecule has 0 radical (unpaired) electrons. The van der Waals surface area contributed by atoms with Crippen molar-refractivity contribution in [3.8, 4) is 0 Å². The average molecular weight is 241 g/mol.